The first kappa shape index (κ1) is 22.6. The van der Waals surface area contributed by atoms with Crippen LogP contribution in [0.3, 0.4) is 0 Å². The zero-order valence-electron chi connectivity index (χ0n) is 15.5. The zero-order chi connectivity index (χ0) is 17.1. The van der Waals surface area contributed by atoms with Gasteiger partial charge in [0, 0.05) is 56.8 Å². The van der Waals surface area contributed by atoms with Gasteiger partial charge in [0.05, 0.1) is 6.54 Å². The second kappa shape index (κ2) is 10.1. The standard InChI is InChI=1S/C17H26N6O.2ClH/c1-4-23-6-5-19-17(23)10-22(2)16-9-14(12-7-13(18)8-12)20-15(21-16)11-24-3;;/h5-6,9,12-13H,4,7-8,10-11,18H2,1-3H3;2*1H. The molecule has 1 aliphatic carbocycles. The smallest absolute Gasteiger partial charge is 0.156 e. The van der Waals surface area contributed by atoms with E-state index in [0.717, 1.165) is 42.5 Å². The maximum absolute atomic E-state index is 5.93. The zero-order valence-corrected chi connectivity index (χ0v) is 17.1. The molecule has 26 heavy (non-hydrogen) atoms. The lowest BCUT2D eigenvalue weighted by molar-refractivity contribution is 0.177. The molecule has 0 atom stereocenters. The van der Waals surface area contributed by atoms with Crippen molar-refractivity contribution in [2.24, 2.45) is 5.73 Å². The van der Waals surface area contributed by atoms with Gasteiger partial charge in [0.25, 0.3) is 0 Å². The molecule has 0 aromatic carbocycles. The highest BCUT2D eigenvalue weighted by atomic mass is 35.5. The Labute approximate surface area is 167 Å². The number of halogens is 2. The molecule has 0 aliphatic heterocycles. The van der Waals surface area contributed by atoms with Crippen molar-refractivity contribution in [1.82, 2.24) is 19.5 Å². The molecular formula is C17H28Cl2N6O. The van der Waals surface area contributed by atoms with Crippen LogP contribution in [0, 0.1) is 0 Å². The summed E-state index contributed by atoms with van der Waals surface area (Å²) in [6.07, 6.45) is 5.82. The number of ether oxygens (including phenoxy) is 1. The highest BCUT2D eigenvalue weighted by Crippen LogP contribution is 2.35. The first-order chi connectivity index (χ1) is 11.6. The van der Waals surface area contributed by atoms with E-state index < -0.39 is 0 Å². The molecule has 1 aliphatic rings. The van der Waals surface area contributed by atoms with Crippen molar-refractivity contribution in [2.75, 3.05) is 19.1 Å². The average Bonchev–Trinajstić information content (AvgIpc) is 2.99. The summed E-state index contributed by atoms with van der Waals surface area (Å²) < 4.78 is 7.37. The second-order valence-corrected chi connectivity index (χ2v) is 6.41. The summed E-state index contributed by atoms with van der Waals surface area (Å²) in [7, 11) is 3.70. The molecule has 0 bridgehead atoms. The molecule has 9 heteroatoms. The Hall–Kier alpha value is -1.41. The van der Waals surface area contributed by atoms with Gasteiger partial charge in [0.1, 0.15) is 18.2 Å². The summed E-state index contributed by atoms with van der Waals surface area (Å²) in [6, 6.07) is 2.38. The lowest BCUT2D eigenvalue weighted by Gasteiger charge is -2.32. The predicted octanol–water partition coefficient (Wildman–Crippen LogP) is 2.52. The molecule has 3 rings (SSSR count). The quantitative estimate of drug-likeness (QED) is 0.765. The van der Waals surface area contributed by atoms with Gasteiger partial charge in [-0.2, -0.15) is 0 Å². The molecule has 1 saturated carbocycles. The Morgan fingerprint density at radius 1 is 1.31 bits per heavy atom. The summed E-state index contributed by atoms with van der Waals surface area (Å²) in [4.78, 5) is 15.8. The monoisotopic (exact) mass is 402 g/mol. The number of methoxy groups -OCH3 is 1. The van der Waals surface area contributed by atoms with E-state index in [-0.39, 0.29) is 24.8 Å². The van der Waals surface area contributed by atoms with E-state index in [1.807, 2.05) is 19.4 Å². The maximum atomic E-state index is 5.93. The Morgan fingerprint density at radius 2 is 2.04 bits per heavy atom. The summed E-state index contributed by atoms with van der Waals surface area (Å²) in [5.74, 6) is 3.08. The maximum Gasteiger partial charge on any atom is 0.156 e. The van der Waals surface area contributed by atoms with E-state index >= 15 is 0 Å². The Morgan fingerprint density at radius 3 is 2.65 bits per heavy atom. The van der Waals surface area contributed by atoms with Gasteiger partial charge in [-0.05, 0) is 19.8 Å². The van der Waals surface area contributed by atoms with E-state index in [2.05, 4.69) is 37.4 Å². The molecule has 0 spiro atoms. The fourth-order valence-electron chi connectivity index (χ4n) is 3.08. The van der Waals surface area contributed by atoms with Crippen molar-refractivity contribution in [3.8, 4) is 0 Å². The number of rotatable bonds is 7. The van der Waals surface area contributed by atoms with Crippen LogP contribution in [0.4, 0.5) is 5.82 Å². The van der Waals surface area contributed by atoms with Gasteiger partial charge >= 0.3 is 0 Å². The minimum absolute atomic E-state index is 0. The molecule has 2 aromatic heterocycles. The number of imidazole rings is 1. The third-order valence-electron chi connectivity index (χ3n) is 4.56. The Bertz CT molecular complexity index is 690. The van der Waals surface area contributed by atoms with Crippen LogP contribution < -0.4 is 10.6 Å². The molecule has 1 fully saturated rings. The number of hydrogen-bond donors (Lipinski definition) is 1. The lowest BCUT2D eigenvalue weighted by atomic mass is 9.78. The van der Waals surface area contributed by atoms with E-state index in [4.69, 9.17) is 10.5 Å². The fourth-order valence-corrected chi connectivity index (χ4v) is 3.08. The van der Waals surface area contributed by atoms with Crippen LogP contribution in [0.25, 0.3) is 0 Å². The van der Waals surface area contributed by atoms with Gasteiger partial charge in [0.2, 0.25) is 0 Å². The van der Waals surface area contributed by atoms with Crippen LogP contribution >= 0.6 is 24.8 Å². The lowest BCUT2D eigenvalue weighted by Crippen LogP contribution is -2.35. The van der Waals surface area contributed by atoms with Crippen molar-refractivity contribution < 1.29 is 4.74 Å². The van der Waals surface area contributed by atoms with Crippen LogP contribution in [-0.4, -0.2) is 39.7 Å². The second-order valence-electron chi connectivity index (χ2n) is 6.41. The number of hydrogen-bond acceptors (Lipinski definition) is 6. The number of anilines is 1. The van der Waals surface area contributed by atoms with Crippen molar-refractivity contribution in [1.29, 1.82) is 0 Å². The first-order valence-electron chi connectivity index (χ1n) is 8.44. The van der Waals surface area contributed by atoms with Gasteiger partial charge in [0.15, 0.2) is 5.82 Å². The van der Waals surface area contributed by atoms with Crippen molar-refractivity contribution in [3.05, 3.63) is 35.8 Å². The number of nitrogens with two attached hydrogens (primary N) is 1. The first-order valence-corrected chi connectivity index (χ1v) is 8.44. The Kier molecular flexibility index (Phi) is 8.76. The molecule has 7 nitrogen and oxygen atoms in total. The van der Waals surface area contributed by atoms with E-state index in [0.29, 0.717) is 25.1 Å². The number of nitrogens with zero attached hydrogens (tertiary/aromatic N) is 5. The van der Waals surface area contributed by atoms with Crippen molar-refractivity contribution in [3.63, 3.8) is 0 Å². The molecular weight excluding hydrogens is 375 g/mol. The minimum Gasteiger partial charge on any atom is -0.377 e. The van der Waals surface area contributed by atoms with Crippen LogP contribution in [0.2, 0.25) is 0 Å². The van der Waals surface area contributed by atoms with Crippen LogP contribution in [0.1, 0.15) is 43.0 Å². The molecule has 2 N–H and O–H groups in total. The largest absolute Gasteiger partial charge is 0.377 e. The molecule has 0 amide bonds. The van der Waals surface area contributed by atoms with Crippen LogP contribution in [-0.2, 0) is 24.4 Å². The van der Waals surface area contributed by atoms with Gasteiger partial charge in [-0.15, -0.1) is 24.8 Å². The van der Waals surface area contributed by atoms with Crippen molar-refractivity contribution in [2.45, 2.75) is 51.4 Å². The summed E-state index contributed by atoms with van der Waals surface area (Å²) in [6.45, 7) is 4.14. The van der Waals surface area contributed by atoms with E-state index in [9.17, 15) is 0 Å². The molecule has 146 valence electrons. The SMILES string of the molecule is CCn1ccnc1CN(C)c1cc(C2CC(N)C2)nc(COC)n1.Cl.Cl. The third-order valence-corrected chi connectivity index (χ3v) is 4.56. The number of aromatic nitrogens is 4. The molecule has 0 unspecified atom stereocenters. The predicted molar refractivity (Wildman–Crippen MR) is 107 cm³/mol. The average molecular weight is 403 g/mol. The van der Waals surface area contributed by atoms with E-state index in [1.54, 1.807) is 7.11 Å². The number of aryl methyl sites for hydroxylation is 1. The molecule has 0 radical (unpaired) electrons. The molecule has 0 saturated heterocycles. The molecule has 2 heterocycles. The topological polar surface area (TPSA) is 82.1 Å². The third kappa shape index (κ3) is 5.07. The van der Waals surface area contributed by atoms with Gasteiger partial charge in [-0.25, -0.2) is 15.0 Å². The Balaban J connectivity index is 0.00000169. The van der Waals surface area contributed by atoms with Crippen LogP contribution in [0.15, 0.2) is 18.5 Å². The van der Waals surface area contributed by atoms with Crippen LogP contribution in [0.5, 0.6) is 0 Å². The summed E-state index contributed by atoms with van der Waals surface area (Å²) >= 11 is 0. The summed E-state index contributed by atoms with van der Waals surface area (Å²) in [5.41, 5.74) is 7.00. The van der Waals surface area contributed by atoms with Gasteiger partial charge in [-0.3, -0.25) is 0 Å². The fraction of sp³-hybridized carbons (Fsp3) is 0.588. The van der Waals surface area contributed by atoms with Gasteiger partial charge < -0.3 is 19.9 Å². The van der Waals surface area contributed by atoms with Gasteiger partial charge in [-0.1, -0.05) is 0 Å². The normalized spacial score (nSPS) is 18.5. The highest BCUT2D eigenvalue weighted by molar-refractivity contribution is 5.85. The molecule has 2 aromatic rings. The van der Waals surface area contributed by atoms with Crippen molar-refractivity contribution >= 4 is 30.6 Å². The summed E-state index contributed by atoms with van der Waals surface area (Å²) in [5, 5.41) is 0. The van der Waals surface area contributed by atoms with E-state index in [1.165, 1.54) is 0 Å². The highest BCUT2D eigenvalue weighted by Gasteiger charge is 2.29. The minimum atomic E-state index is 0.